The SMILES string of the molecule is COC(=O)c1ccoc1CN1CCN(C(=O)c2ccco2)CC1. The van der Waals surface area contributed by atoms with E-state index in [0.717, 1.165) is 0 Å². The Morgan fingerprint density at radius 2 is 1.91 bits per heavy atom. The Morgan fingerprint density at radius 1 is 1.13 bits per heavy atom. The number of piperazine rings is 1. The summed E-state index contributed by atoms with van der Waals surface area (Å²) in [4.78, 5) is 27.7. The summed E-state index contributed by atoms with van der Waals surface area (Å²) in [5, 5.41) is 0. The largest absolute Gasteiger partial charge is 0.467 e. The Hall–Kier alpha value is -2.54. The van der Waals surface area contributed by atoms with E-state index in [2.05, 4.69) is 4.90 Å². The van der Waals surface area contributed by atoms with Crippen LogP contribution in [0.2, 0.25) is 0 Å². The Balaban J connectivity index is 1.57. The van der Waals surface area contributed by atoms with Crippen LogP contribution in [-0.4, -0.2) is 55.0 Å². The number of hydrogen-bond donors (Lipinski definition) is 0. The second-order valence-corrected chi connectivity index (χ2v) is 5.29. The van der Waals surface area contributed by atoms with Crippen molar-refractivity contribution in [3.8, 4) is 0 Å². The molecular formula is C16H18N2O5. The van der Waals surface area contributed by atoms with Gasteiger partial charge in [0.1, 0.15) is 11.3 Å². The Kier molecular flexibility index (Phi) is 4.47. The van der Waals surface area contributed by atoms with Crippen molar-refractivity contribution in [2.45, 2.75) is 6.54 Å². The number of methoxy groups -OCH3 is 1. The third-order valence-electron chi connectivity index (χ3n) is 3.91. The van der Waals surface area contributed by atoms with Gasteiger partial charge in [-0.2, -0.15) is 0 Å². The van der Waals surface area contributed by atoms with Crippen LogP contribution in [0.3, 0.4) is 0 Å². The van der Waals surface area contributed by atoms with Crippen molar-refractivity contribution in [3.05, 3.63) is 47.8 Å². The van der Waals surface area contributed by atoms with Crippen molar-refractivity contribution in [2.24, 2.45) is 0 Å². The van der Waals surface area contributed by atoms with E-state index >= 15 is 0 Å². The average molecular weight is 318 g/mol. The zero-order valence-electron chi connectivity index (χ0n) is 12.9. The molecule has 0 aromatic carbocycles. The number of carbonyl (C=O) groups excluding carboxylic acids is 2. The van der Waals surface area contributed by atoms with Gasteiger partial charge in [-0.05, 0) is 18.2 Å². The number of esters is 1. The lowest BCUT2D eigenvalue weighted by atomic mass is 10.2. The maximum Gasteiger partial charge on any atom is 0.341 e. The van der Waals surface area contributed by atoms with Gasteiger partial charge in [0.25, 0.3) is 5.91 Å². The first-order chi connectivity index (χ1) is 11.2. The van der Waals surface area contributed by atoms with Gasteiger partial charge < -0.3 is 18.5 Å². The topological polar surface area (TPSA) is 76.1 Å². The maximum atomic E-state index is 12.2. The predicted molar refractivity (Wildman–Crippen MR) is 79.9 cm³/mol. The summed E-state index contributed by atoms with van der Waals surface area (Å²) >= 11 is 0. The molecule has 2 aromatic heterocycles. The first-order valence-corrected chi connectivity index (χ1v) is 7.39. The number of rotatable bonds is 4. The summed E-state index contributed by atoms with van der Waals surface area (Å²) in [6.45, 7) is 3.13. The molecule has 0 unspecified atom stereocenters. The standard InChI is InChI=1S/C16H18N2O5/c1-21-16(20)12-4-10-23-14(12)11-17-5-7-18(8-6-17)15(19)13-3-2-9-22-13/h2-4,9-10H,5-8,11H2,1H3. The van der Waals surface area contributed by atoms with E-state index in [9.17, 15) is 9.59 Å². The van der Waals surface area contributed by atoms with E-state index in [0.29, 0.717) is 49.8 Å². The van der Waals surface area contributed by atoms with Gasteiger partial charge in [-0.25, -0.2) is 4.79 Å². The lowest BCUT2D eigenvalue weighted by Gasteiger charge is -2.33. The van der Waals surface area contributed by atoms with Crippen LogP contribution in [0.1, 0.15) is 26.7 Å². The molecule has 2 aromatic rings. The Labute approximate surface area is 133 Å². The summed E-state index contributed by atoms with van der Waals surface area (Å²) in [6.07, 6.45) is 2.98. The van der Waals surface area contributed by atoms with Crippen molar-refractivity contribution >= 4 is 11.9 Å². The van der Waals surface area contributed by atoms with Crippen molar-refractivity contribution in [3.63, 3.8) is 0 Å². The molecule has 0 radical (unpaired) electrons. The van der Waals surface area contributed by atoms with Crippen LogP contribution in [-0.2, 0) is 11.3 Å². The van der Waals surface area contributed by atoms with E-state index in [1.165, 1.54) is 19.6 Å². The van der Waals surface area contributed by atoms with Gasteiger partial charge in [-0.15, -0.1) is 0 Å². The normalized spacial score (nSPS) is 15.6. The average Bonchev–Trinajstić information content (AvgIpc) is 3.26. The highest BCUT2D eigenvalue weighted by atomic mass is 16.5. The molecule has 23 heavy (non-hydrogen) atoms. The smallest absolute Gasteiger partial charge is 0.341 e. The van der Waals surface area contributed by atoms with Crippen molar-refractivity contribution < 1.29 is 23.2 Å². The molecule has 3 rings (SSSR count). The van der Waals surface area contributed by atoms with Gasteiger partial charge in [0.05, 0.1) is 26.2 Å². The van der Waals surface area contributed by atoms with Gasteiger partial charge in [-0.1, -0.05) is 0 Å². The van der Waals surface area contributed by atoms with Crippen LogP contribution < -0.4 is 0 Å². The lowest BCUT2D eigenvalue weighted by Crippen LogP contribution is -2.48. The minimum atomic E-state index is -0.402. The number of hydrogen-bond acceptors (Lipinski definition) is 6. The highest BCUT2D eigenvalue weighted by Gasteiger charge is 2.25. The van der Waals surface area contributed by atoms with Gasteiger partial charge in [0, 0.05) is 26.2 Å². The predicted octanol–water partition coefficient (Wildman–Crippen LogP) is 1.62. The molecule has 1 fully saturated rings. The van der Waals surface area contributed by atoms with Crippen LogP contribution in [0.25, 0.3) is 0 Å². The van der Waals surface area contributed by atoms with Crippen molar-refractivity contribution in [1.29, 1.82) is 0 Å². The molecule has 1 saturated heterocycles. The first kappa shape index (κ1) is 15.4. The number of nitrogens with zero attached hydrogens (tertiary/aromatic N) is 2. The number of carbonyl (C=O) groups is 2. The molecule has 1 amide bonds. The zero-order valence-corrected chi connectivity index (χ0v) is 12.9. The molecule has 0 bridgehead atoms. The second-order valence-electron chi connectivity index (χ2n) is 5.29. The minimum absolute atomic E-state index is 0.0945. The van der Waals surface area contributed by atoms with E-state index in [1.54, 1.807) is 23.1 Å². The van der Waals surface area contributed by atoms with Gasteiger partial charge in [0.15, 0.2) is 5.76 Å². The molecule has 0 atom stereocenters. The molecule has 0 N–H and O–H groups in total. The van der Waals surface area contributed by atoms with Crippen LogP contribution in [0.5, 0.6) is 0 Å². The summed E-state index contributed by atoms with van der Waals surface area (Å²) in [7, 11) is 1.35. The monoisotopic (exact) mass is 318 g/mol. The summed E-state index contributed by atoms with van der Waals surface area (Å²) in [5.41, 5.74) is 0.446. The molecule has 0 aliphatic carbocycles. The number of furan rings is 2. The van der Waals surface area contributed by atoms with Gasteiger partial charge in [0.2, 0.25) is 0 Å². The molecular weight excluding hydrogens is 300 g/mol. The highest BCUT2D eigenvalue weighted by molar-refractivity contribution is 5.91. The van der Waals surface area contributed by atoms with E-state index < -0.39 is 5.97 Å². The van der Waals surface area contributed by atoms with E-state index in [1.807, 2.05) is 0 Å². The third kappa shape index (κ3) is 3.29. The van der Waals surface area contributed by atoms with Crippen LogP contribution >= 0.6 is 0 Å². The summed E-state index contributed by atoms with van der Waals surface area (Å²) in [5.74, 6) is 0.448. The minimum Gasteiger partial charge on any atom is -0.467 e. The Morgan fingerprint density at radius 3 is 2.57 bits per heavy atom. The van der Waals surface area contributed by atoms with Gasteiger partial charge in [-0.3, -0.25) is 9.69 Å². The van der Waals surface area contributed by atoms with Crippen LogP contribution in [0, 0.1) is 0 Å². The van der Waals surface area contributed by atoms with E-state index in [4.69, 9.17) is 13.6 Å². The zero-order chi connectivity index (χ0) is 16.2. The lowest BCUT2D eigenvalue weighted by molar-refractivity contribution is 0.0579. The van der Waals surface area contributed by atoms with Gasteiger partial charge >= 0.3 is 5.97 Å². The molecule has 3 heterocycles. The van der Waals surface area contributed by atoms with Crippen LogP contribution in [0.15, 0.2) is 39.6 Å². The number of amides is 1. The van der Waals surface area contributed by atoms with Crippen molar-refractivity contribution in [1.82, 2.24) is 9.80 Å². The molecule has 7 nitrogen and oxygen atoms in total. The quantitative estimate of drug-likeness (QED) is 0.797. The molecule has 0 spiro atoms. The van der Waals surface area contributed by atoms with Crippen LogP contribution in [0.4, 0.5) is 0 Å². The number of ether oxygens (including phenoxy) is 1. The fraction of sp³-hybridized carbons (Fsp3) is 0.375. The molecule has 7 heteroatoms. The fourth-order valence-corrected chi connectivity index (χ4v) is 2.62. The second kappa shape index (κ2) is 6.70. The third-order valence-corrected chi connectivity index (χ3v) is 3.91. The molecule has 1 aliphatic heterocycles. The fourth-order valence-electron chi connectivity index (χ4n) is 2.62. The Bertz CT molecular complexity index is 668. The first-order valence-electron chi connectivity index (χ1n) is 7.39. The molecule has 122 valence electrons. The van der Waals surface area contributed by atoms with E-state index in [-0.39, 0.29) is 5.91 Å². The summed E-state index contributed by atoms with van der Waals surface area (Å²) in [6, 6.07) is 4.98. The van der Waals surface area contributed by atoms with Crippen molar-refractivity contribution in [2.75, 3.05) is 33.3 Å². The molecule has 1 aliphatic rings. The maximum absolute atomic E-state index is 12.2. The summed E-state index contributed by atoms with van der Waals surface area (Å²) < 4.78 is 15.3. The molecule has 0 saturated carbocycles. The highest BCUT2D eigenvalue weighted by Crippen LogP contribution is 2.16.